The molecule has 0 amide bonds. The number of carbonyl (C=O) groups is 3. The lowest BCUT2D eigenvalue weighted by Crippen LogP contribution is -2.66. The van der Waals surface area contributed by atoms with Crippen LogP contribution >= 0.6 is 0 Å². The van der Waals surface area contributed by atoms with Crippen LogP contribution in [0, 0.1) is 5.92 Å². The van der Waals surface area contributed by atoms with Gasteiger partial charge < -0.3 is 52.5 Å². The Morgan fingerprint density at radius 3 is 1.64 bits per heavy atom. The third-order valence-corrected chi connectivity index (χ3v) is 16.3. The Kier molecular flexibility index (Phi) is 13.8. The molecule has 3 aliphatic rings. The van der Waals surface area contributed by atoms with Gasteiger partial charge in [0.2, 0.25) is 0 Å². The molecule has 3 heterocycles. The van der Waals surface area contributed by atoms with Crippen LogP contribution in [-0.2, 0) is 42.3 Å². The summed E-state index contributed by atoms with van der Waals surface area (Å²) in [5.41, 5.74) is 0.824. The number of fused-ring (bicyclic) bond motifs is 1. The molecule has 0 radical (unpaired) electrons. The van der Waals surface area contributed by atoms with Crippen LogP contribution in [0.3, 0.4) is 0 Å². The standard InChI is InChI=1S/C44H56O14Si/c1-26(2)43(3,4)59(7,8)58-42-37(54-40(49)29-22-16-11-17-23-29)32(45)34(30(53-42)24-50-38(47)27-18-12-9-13-19-27)55-41-33(46)36-35(56-44(5,6)57-36)31(52-41)25-51-39(48)28-20-14-10-15-21-28/h9-23,26,30-37,41-42,45-46H,24-25H2,1-8H3/t30-,31-,32+,33-,34-,35+,36-,37-,41+,42+/m1/s1. The Morgan fingerprint density at radius 2 is 1.14 bits per heavy atom. The first kappa shape index (κ1) is 44.5. The molecule has 6 rings (SSSR count). The zero-order chi connectivity index (χ0) is 42.7. The van der Waals surface area contributed by atoms with Crippen molar-refractivity contribution in [2.45, 2.75) is 127 Å². The predicted molar refractivity (Wildman–Crippen MR) is 215 cm³/mol. The van der Waals surface area contributed by atoms with E-state index in [0.29, 0.717) is 5.56 Å². The maximum absolute atomic E-state index is 13.7. The normalized spacial score (nSPS) is 29.3. The summed E-state index contributed by atoms with van der Waals surface area (Å²) in [4.78, 5) is 39.9. The highest BCUT2D eigenvalue weighted by atomic mass is 28.4. The van der Waals surface area contributed by atoms with E-state index < -0.39 is 100 Å². The lowest BCUT2D eigenvalue weighted by molar-refractivity contribution is -0.345. The predicted octanol–water partition coefficient (Wildman–Crippen LogP) is 5.66. The van der Waals surface area contributed by atoms with E-state index in [0.717, 1.165) is 0 Å². The van der Waals surface area contributed by atoms with E-state index in [4.69, 9.17) is 42.3 Å². The third-order valence-electron chi connectivity index (χ3n) is 11.8. The number of hydrogen-bond acceptors (Lipinski definition) is 14. The quantitative estimate of drug-likeness (QED) is 0.116. The van der Waals surface area contributed by atoms with E-state index in [1.54, 1.807) is 105 Å². The topological polar surface area (TPSA) is 175 Å². The van der Waals surface area contributed by atoms with Gasteiger partial charge in [0.25, 0.3) is 0 Å². The van der Waals surface area contributed by atoms with Crippen molar-refractivity contribution in [1.29, 1.82) is 0 Å². The number of aliphatic hydroxyl groups excluding tert-OH is 2. The molecule has 0 aromatic heterocycles. The summed E-state index contributed by atoms with van der Waals surface area (Å²) in [6.07, 6.45) is -13.2. The number of esters is 3. The number of benzene rings is 3. The fourth-order valence-electron chi connectivity index (χ4n) is 7.21. The Labute approximate surface area is 346 Å². The van der Waals surface area contributed by atoms with Crippen LogP contribution in [0.4, 0.5) is 0 Å². The molecule has 3 saturated heterocycles. The summed E-state index contributed by atoms with van der Waals surface area (Å²) in [6.45, 7) is 15.0. The third kappa shape index (κ3) is 10.1. The molecular formula is C44H56O14Si. The minimum Gasteiger partial charge on any atom is -0.459 e. The molecule has 2 N–H and O–H groups in total. The minimum atomic E-state index is -2.78. The van der Waals surface area contributed by atoms with Gasteiger partial charge in [0.1, 0.15) is 55.9 Å². The second kappa shape index (κ2) is 18.3. The fraction of sp³-hybridized carbons (Fsp3) is 0.523. The first-order valence-electron chi connectivity index (χ1n) is 19.9. The van der Waals surface area contributed by atoms with Gasteiger partial charge in [-0.1, -0.05) is 82.3 Å². The van der Waals surface area contributed by atoms with Crippen LogP contribution in [0.5, 0.6) is 0 Å². The Bertz CT molecular complexity index is 1870. The summed E-state index contributed by atoms with van der Waals surface area (Å²) < 4.78 is 55.8. The van der Waals surface area contributed by atoms with Crippen molar-refractivity contribution in [1.82, 2.24) is 0 Å². The second-order valence-electron chi connectivity index (χ2n) is 16.9. The Hall–Kier alpha value is -4.03. The monoisotopic (exact) mass is 836 g/mol. The molecular weight excluding hydrogens is 781 g/mol. The molecule has 10 atom stereocenters. The molecule has 3 aromatic carbocycles. The van der Waals surface area contributed by atoms with Crippen molar-refractivity contribution in [3.8, 4) is 0 Å². The number of carbonyl (C=O) groups excluding carboxylic acids is 3. The number of aliphatic hydroxyl groups is 2. The Morgan fingerprint density at radius 1 is 0.678 bits per heavy atom. The van der Waals surface area contributed by atoms with Gasteiger partial charge >= 0.3 is 17.9 Å². The highest BCUT2D eigenvalue weighted by molar-refractivity contribution is 6.74. The van der Waals surface area contributed by atoms with Crippen molar-refractivity contribution in [2.24, 2.45) is 5.92 Å². The molecule has 0 aliphatic carbocycles. The highest BCUT2D eigenvalue weighted by Gasteiger charge is 2.59. The molecule has 15 heteroatoms. The fourth-order valence-corrected chi connectivity index (χ4v) is 9.67. The van der Waals surface area contributed by atoms with Crippen LogP contribution in [0.15, 0.2) is 91.0 Å². The van der Waals surface area contributed by atoms with Crippen molar-refractivity contribution in [3.05, 3.63) is 108 Å². The summed E-state index contributed by atoms with van der Waals surface area (Å²) in [5, 5.41) is 23.8. The maximum Gasteiger partial charge on any atom is 0.338 e. The highest BCUT2D eigenvalue weighted by Crippen LogP contribution is 2.46. The van der Waals surface area contributed by atoms with Crippen LogP contribution in [0.2, 0.25) is 18.1 Å². The lowest BCUT2D eigenvalue weighted by atomic mass is 9.96. The van der Waals surface area contributed by atoms with Crippen LogP contribution < -0.4 is 0 Å². The van der Waals surface area contributed by atoms with Crippen LogP contribution in [-0.4, -0.2) is 117 Å². The van der Waals surface area contributed by atoms with Gasteiger partial charge in [-0.15, -0.1) is 0 Å². The van der Waals surface area contributed by atoms with E-state index in [2.05, 4.69) is 27.7 Å². The summed E-state index contributed by atoms with van der Waals surface area (Å²) >= 11 is 0. The Balaban J connectivity index is 1.32. The zero-order valence-electron chi connectivity index (χ0n) is 34.7. The SMILES string of the molecule is CC(C)C(C)(C)[Si](C)(C)O[C@@H]1O[C@H](COC(=O)c2ccccc2)[C@@H](O[C@@H]2O[C@H](COC(=O)c3ccccc3)[C@@H]3OC(C)(C)O[C@@H]3[C@H]2O)[C@H](O)[C@H]1OC(=O)c1ccccc1. The van der Waals surface area contributed by atoms with Crippen molar-refractivity contribution in [2.75, 3.05) is 13.2 Å². The van der Waals surface area contributed by atoms with Gasteiger partial charge in [-0.3, -0.25) is 0 Å². The van der Waals surface area contributed by atoms with E-state index in [9.17, 15) is 24.6 Å². The number of ether oxygens (including phenoxy) is 8. The van der Waals surface area contributed by atoms with Crippen molar-refractivity contribution < 1.29 is 66.9 Å². The molecule has 59 heavy (non-hydrogen) atoms. The van der Waals surface area contributed by atoms with E-state index in [1.165, 1.54) is 0 Å². The average molecular weight is 837 g/mol. The molecule has 3 aromatic rings. The van der Waals surface area contributed by atoms with Crippen LogP contribution in [0.1, 0.15) is 72.6 Å². The van der Waals surface area contributed by atoms with Crippen molar-refractivity contribution in [3.63, 3.8) is 0 Å². The smallest absolute Gasteiger partial charge is 0.338 e. The number of hydrogen-bond donors (Lipinski definition) is 2. The molecule has 3 fully saturated rings. The maximum atomic E-state index is 13.7. The summed E-state index contributed by atoms with van der Waals surface area (Å²) in [5.74, 6) is -2.99. The van der Waals surface area contributed by atoms with Gasteiger partial charge in [0.05, 0.1) is 16.7 Å². The molecule has 0 spiro atoms. The average Bonchev–Trinajstić information content (AvgIpc) is 3.55. The first-order chi connectivity index (χ1) is 27.9. The van der Waals surface area contributed by atoms with Crippen molar-refractivity contribution >= 4 is 26.2 Å². The second-order valence-corrected chi connectivity index (χ2v) is 21.4. The van der Waals surface area contributed by atoms with Gasteiger partial charge in [-0.2, -0.15) is 0 Å². The lowest BCUT2D eigenvalue weighted by Gasteiger charge is -2.50. The zero-order valence-corrected chi connectivity index (χ0v) is 35.7. The summed E-state index contributed by atoms with van der Waals surface area (Å²) in [6, 6.07) is 25.0. The van der Waals surface area contributed by atoms with Gasteiger partial charge in [-0.25, -0.2) is 14.4 Å². The molecule has 3 aliphatic heterocycles. The minimum absolute atomic E-state index is 0.183. The van der Waals surface area contributed by atoms with E-state index in [-0.39, 0.29) is 28.7 Å². The molecule has 0 saturated carbocycles. The van der Waals surface area contributed by atoms with Crippen LogP contribution in [0.25, 0.3) is 0 Å². The van der Waals surface area contributed by atoms with E-state index in [1.807, 2.05) is 13.1 Å². The van der Waals surface area contributed by atoms with Gasteiger partial charge in [-0.05, 0) is 74.3 Å². The van der Waals surface area contributed by atoms with Gasteiger partial charge in [0.15, 0.2) is 32.8 Å². The molecule has 320 valence electrons. The number of rotatable bonds is 14. The molecule has 0 unspecified atom stereocenters. The molecule has 14 nitrogen and oxygen atoms in total. The van der Waals surface area contributed by atoms with Gasteiger partial charge in [0, 0.05) is 0 Å². The largest absolute Gasteiger partial charge is 0.459 e. The first-order valence-corrected chi connectivity index (χ1v) is 22.9. The summed E-state index contributed by atoms with van der Waals surface area (Å²) in [7, 11) is -2.78. The molecule has 0 bridgehead atoms. The van der Waals surface area contributed by atoms with E-state index >= 15 is 0 Å².